The highest BCUT2D eigenvalue weighted by Gasteiger charge is 2.50. The Kier molecular flexibility index (Phi) is 4.59. The third kappa shape index (κ3) is 2.80. The number of para-hydroxylation sites is 1. The lowest BCUT2D eigenvalue weighted by Gasteiger charge is -2.39. The average Bonchev–Trinajstić information content (AvgIpc) is 3.47. The number of nitrogens with zero attached hydrogens (tertiary/aromatic N) is 1. The normalized spacial score (nSPS) is 14.2. The fourth-order valence-corrected chi connectivity index (χ4v) is 8.57. The molecule has 188 valence electrons. The first-order valence-corrected chi connectivity index (χ1v) is 14.7. The molecule has 1 nitrogen and oxygen atoms in total. The van der Waals surface area contributed by atoms with E-state index in [2.05, 4.69) is 132 Å². The predicted octanol–water partition coefficient (Wildman–Crippen LogP) is 10.3. The second-order valence-electron chi connectivity index (χ2n) is 10.6. The van der Waals surface area contributed by atoms with Crippen LogP contribution in [0.1, 0.15) is 22.3 Å². The van der Waals surface area contributed by atoms with Crippen LogP contribution in [-0.2, 0) is 5.41 Å². The van der Waals surface area contributed by atoms with Gasteiger partial charge in [-0.2, -0.15) is 0 Å². The van der Waals surface area contributed by atoms with Crippen LogP contribution >= 0.6 is 23.4 Å². The Hall–Kier alpha value is -4.24. The molecule has 0 radical (unpaired) electrons. The summed E-state index contributed by atoms with van der Waals surface area (Å²) in [5.41, 5.74) is 11.2. The minimum atomic E-state index is -0.383. The zero-order chi connectivity index (χ0) is 26.4. The maximum Gasteiger partial charge on any atom is 0.0735 e. The summed E-state index contributed by atoms with van der Waals surface area (Å²) >= 11 is 8.47. The monoisotopic (exact) mass is 547 g/mol. The van der Waals surface area contributed by atoms with Crippen molar-refractivity contribution in [1.29, 1.82) is 0 Å². The first-order chi connectivity index (χ1) is 19.7. The van der Waals surface area contributed by atoms with E-state index < -0.39 is 0 Å². The van der Waals surface area contributed by atoms with E-state index in [0.29, 0.717) is 0 Å². The lowest BCUT2D eigenvalue weighted by Crippen LogP contribution is -2.31. The number of halogens is 1. The van der Waals surface area contributed by atoms with Crippen molar-refractivity contribution in [3.05, 3.63) is 161 Å². The number of rotatable bonds is 1. The van der Waals surface area contributed by atoms with Crippen molar-refractivity contribution in [3.8, 4) is 16.8 Å². The molecule has 0 bridgehead atoms. The molecule has 0 fully saturated rings. The molecule has 2 aliphatic rings. The van der Waals surface area contributed by atoms with Crippen LogP contribution in [-0.4, -0.2) is 4.57 Å². The van der Waals surface area contributed by atoms with E-state index >= 15 is 0 Å². The molecule has 7 aromatic rings. The molecule has 9 rings (SSSR count). The average molecular weight is 548 g/mol. The van der Waals surface area contributed by atoms with Gasteiger partial charge in [0.05, 0.1) is 16.4 Å². The van der Waals surface area contributed by atoms with Crippen LogP contribution in [0.3, 0.4) is 0 Å². The predicted molar refractivity (Wildman–Crippen MR) is 167 cm³/mol. The molecule has 0 amide bonds. The summed E-state index contributed by atoms with van der Waals surface area (Å²) in [7, 11) is 0. The standard InChI is InChI=1S/C37H22ClNS/c38-23-18-19-27-28-21-32-36(22-34(28)39(33(27)20-23)24-10-2-1-3-11-24)40-35-17-9-8-16-31(35)37(32)29-14-6-4-12-25(29)26-13-5-7-15-30(26)37/h1-22H. The van der Waals surface area contributed by atoms with Crippen LogP contribution < -0.4 is 0 Å². The Bertz CT molecular complexity index is 2110. The highest BCUT2D eigenvalue weighted by Crippen LogP contribution is 2.62. The molecule has 0 unspecified atom stereocenters. The molecule has 40 heavy (non-hydrogen) atoms. The molecule has 1 aliphatic carbocycles. The SMILES string of the molecule is Clc1ccc2c3cc4c(cc3n(-c3ccccc3)c2c1)Sc1ccccc1C41c2ccccc2-c2ccccc21. The van der Waals surface area contributed by atoms with E-state index in [1.165, 1.54) is 59.5 Å². The highest BCUT2D eigenvalue weighted by atomic mass is 35.5. The lowest BCUT2D eigenvalue weighted by molar-refractivity contribution is 0.724. The quantitative estimate of drug-likeness (QED) is 0.198. The summed E-state index contributed by atoms with van der Waals surface area (Å²) in [6, 6.07) is 48.7. The van der Waals surface area contributed by atoms with Gasteiger partial charge >= 0.3 is 0 Å². The molecule has 2 heterocycles. The van der Waals surface area contributed by atoms with Gasteiger partial charge in [-0.1, -0.05) is 114 Å². The summed E-state index contributed by atoms with van der Waals surface area (Å²) in [6.45, 7) is 0. The number of fused-ring (bicyclic) bond motifs is 12. The number of aromatic nitrogens is 1. The first kappa shape index (κ1) is 22.6. The van der Waals surface area contributed by atoms with Gasteiger partial charge in [0.1, 0.15) is 0 Å². The number of hydrogen-bond donors (Lipinski definition) is 0. The second-order valence-corrected chi connectivity index (χ2v) is 12.2. The van der Waals surface area contributed by atoms with Crippen molar-refractivity contribution in [1.82, 2.24) is 4.57 Å². The topological polar surface area (TPSA) is 4.93 Å². The van der Waals surface area contributed by atoms with Gasteiger partial charge < -0.3 is 4.57 Å². The van der Waals surface area contributed by atoms with Crippen molar-refractivity contribution in [2.75, 3.05) is 0 Å². The fourth-order valence-electron chi connectivity index (χ4n) is 7.19. The molecule has 3 heteroatoms. The van der Waals surface area contributed by atoms with Gasteiger partial charge in [0.25, 0.3) is 0 Å². The van der Waals surface area contributed by atoms with Crippen LogP contribution in [0.4, 0.5) is 0 Å². The third-order valence-corrected chi connectivity index (χ3v) is 10.1. The van der Waals surface area contributed by atoms with Crippen LogP contribution in [0.25, 0.3) is 38.6 Å². The maximum atomic E-state index is 6.59. The molecule has 1 spiro atoms. The van der Waals surface area contributed by atoms with E-state index in [-0.39, 0.29) is 5.41 Å². The highest BCUT2D eigenvalue weighted by molar-refractivity contribution is 7.99. The Morgan fingerprint density at radius 1 is 0.500 bits per heavy atom. The summed E-state index contributed by atoms with van der Waals surface area (Å²) in [5.74, 6) is 0. The van der Waals surface area contributed by atoms with E-state index in [4.69, 9.17) is 11.6 Å². The molecule has 0 saturated heterocycles. The van der Waals surface area contributed by atoms with E-state index in [9.17, 15) is 0 Å². The molecule has 1 aromatic heterocycles. The molecule has 0 N–H and O–H groups in total. The minimum Gasteiger partial charge on any atom is -0.309 e. The third-order valence-electron chi connectivity index (χ3n) is 8.71. The van der Waals surface area contributed by atoms with Crippen LogP contribution in [0.15, 0.2) is 143 Å². The molecule has 1 aliphatic heterocycles. The largest absolute Gasteiger partial charge is 0.309 e. The van der Waals surface area contributed by atoms with Gasteiger partial charge in [0.15, 0.2) is 0 Å². The Labute approximate surface area is 241 Å². The maximum absolute atomic E-state index is 6.59. The molecular weight excluding hydrogens is 526 g/mol. The van der Waals surface area contributed by atoms with Crippen molar-refractivity contribution < 1.29 is 0 Å². The van der Waals surface area contributed by atoms with Crippen LogP contribution in [0.2, 0.25) is 5.02 Å². The van der Waals surface area contributed by atoms with E-state index in [0.717, 1.165) is 16.2 Å². The molecule has 0 saturated carbocycles. The van der Waals surface area contributed by atoms with Gasteiger partial charge in [0.2, 0.25) is 0 Å². The Morgan fingerprint density at radius 3 is 1.88 bits per heavy atom. The molecule has 0 atom stereocenters. The summed E-state index contributed by atoms with van der Waals surface area (Å²) in [5, 5.41) is 3.20. The van der Waals surface area contributed by atoms with Gasteiger partial charge in [-0.05, 0) is 75.8 Å². The first-order valence-electron chi connectivity index (χ1n) is 13.6. The molecule has 6 aromatic carbocycles. The summed E-state index contributed by atoms with van der Waals surface area (Å²) < 4.78 is 2.36. The second kappa shape index (κ2) is 8.14. The van der Waals surface area contributed by atoms with Crippen molar-refractivity contribution >= 4 is 45.2 Å². The van der Waals surface area contributed by atoms with Crippen molar-refractivity contribution in [2.24, 2.45) is 0 Å². The Balaban J connectivity index is 1.48. The zero-order valence-corrected chi connectivity index (χ0v) is 23.0. The molecular formula is C37H22ClNS. The van der Waals surface area contributed by atoms with Crippen molar-refractivity contribution in [2.45, 2.75) is 15.2 Å². The van der Waals surface area contributed by atoms with Crippen LogP contribution in [0.5, 0.6) is 0 Å². The van der Waals surface area contributed by atoms with E-state index in [1.807, 2.05) is 17.8 Å². The summed E-state index contributed by atoms with van der Waals surface area (Å²) in [6.07, 6.45) is 0. The van der Waals surface area contributed by atoms with Crippen LogP contribution in [0, 0.1) is 0 Å². The smallest absolute Gasteiger partial charge is 0.0735 e. The van der Waals surface area contributed by atoms with Gasteiger partial charge in [-0.3, -0.25) is 0 Å². The number of benzene rings is 6. The fraction of sp³-hybridized carbons (Fsp3) is 0.0270. The lowest BCUT2D eigenvalue weighted by atomic mass is 9.67. The van der Waals surface area contributed by atoms with Crippen molar-refractivity contribution in [3.63, 3.8) is 0 Å². The Morgan fingerprint density at radius 2 is 1.12 bits per heavy atom. The summed E-state index contributed by atoms with van der Waals surface area (Å²) in [4.78, 5) is 2.61. The van der Waals surface area contributed by atoms with Gasteiger partial charge in [-0.25, -0.2) is 0 Å². The van der Waals surface area contributed by atoms with Gasteiger partial charge in [-0.15, -0.1) is 0 Å². The zero-order valence-electron chi connectivity index (χ0n) is 21.4. The van der Waals surface area contributed by atoms with E-state index in [1.54, 1.807) is 0 Å². The number of hydrogen-bond acceptors (Lipinski definition) is 1. The minimum absolute atomic E-state index is 0.383. The van der Waals surface area contributed by atoms with Gasteiger partial charge in [0, 0.05) is 31.3 Å².